The van der Waals surface area contributed by atoms with Crippen molar-refractivity contribution < 1.29 is 14.7 Å². The lowest BCUT2D eigenvalue weighted by molar-refractivity contribution is 0.0377. The fourth-order valence-electron chi connectivity index (χ4n) is 2.62. The number of phenolic OH excluding ortho intramolecular Hbond substituents is 1. The van der Waals surface area contributed by atoms with Gasteiger partial charge in [-0.1, -0.05) is 43.7 Å². The molecule has 0 saturated carbocycles. The van der Waals surface area contributed by atoms with E-state index >= 15 is 0 Å². The van der Waals surface area contributed by atoms with Crippen LogP contribution in [0.15, 0.2) is 77.8 Å². The molecule has 1 heterocycles. The summed E-state index contributed by atoms with van der Waals surface area (Å²) in [5.41, 5.74) is 5.82. The minimum absolute atomic E-state index is 0.216. The molecular weight excluding hydrogens is 352 g/mol. The maximum Gasteiger partial charge on any atom is 0.202 e. The number of benzene rings is 3. The Balaban J connectivity index is 0.00000109. The van der Waals surface area contributed by atoms with Crippen LogP contribution in [0, 0.1) is 6.92 Å². The third kappa shape index (κ3) is 4.69. The highest BCUT2D eigenvalue weighted by molar-refractivity contribution is 5.99. The van der Waals surface area contributed by atoms with Crippen LogP contribution in [0.3, 0.4) is 0 Å². The van der Waals surface area contributed by atoms with E-state index in [0.29, 0.717) is 5.84 Å². The van der Waals surface area contributed by atoms with Gasteiger partial charge in [-0.15, -0.1) is 0 Å². The van der Waals surface area contributed by atoms with E-state index in [1.54, 1.807) is 24.3 Å². The average Bonchev–Trinajstić information content (AvgIpc) is 3.23. The Bertz CT molecular complexity index is 918. The fourth-order valence-corrected chi connectivity index (χ4v) is 2.62. The second-order valence-electron chi connectivity index (χ2n) is 6.08. The van der Waals surface area contributed by atoms with Crippen LogP contribution in [0.4, 0.5) is 0 Å². The Labute approximate surface area is 165 Å². The largest absolute Gasteiger partial charge is 0.508 e. The normalized spacial score (nSPS) is 15.1. The number of aliphatic imine (C=N–C) groups is 1. The first-order valence-corrected chi connectivity index (χ1v) is 9.31. The van der Waals surface area contributed by atoms with Crippen LogP contribution < -0.4 is 10.2 Å². The van der Waals surface area contributed by atoms with Crippen molar-refractivity contribution in [1.29, 1.82) is 0 Å². The highest BCUT2D eigenvalue weighted by Gasteiger charge is 2.20. The smallest absolute Gasteiger partial charge is 0.202 e. The molecule has 0 fully saturated rings. The number of phenols is 1. The van der Waals surface area contributed by atoms with Gasteiger partial charge in [-0.05, 0) is 55.5 Å². The minimum atomic E-state index is -0.436. The van der Waals surface area contributed by atoms with Gasteiger partial charge in [-0.25, -0.2) is 15.3 Å². The van der Waals surface area contributed by atoms with Crippen LogP contribution in [0.25, 0.3) is 0 Å². The summed E-state index contributed by atoms with van der Waals surface area (Å²) < 4.78 is 5.84. The van der Waals surface area contributed by atoms with E-state index in [1.807, 2.05) is 69.3 Å². The molecule has 4 rings (SSSR count). The molecule has 0 aromatic heterocycles. The van der Waals surface area contributed by atoms with Gasteiger partial charge in [-0.2, -0.15) is 0 Å². The molecule has 0 spiro atoms. The summed E-state index contributed by atoms with van der Waals surface area (Å²) in [4.78, 5) is 10.1. The summed E-state index contributed by atoms with van der Waals surface area (Å²) in [7, 11) is 0. The van der Waals surface area contributed by atoms with Crippen molar-refractivity contribution >= 4 is 5.84 Å². The molecule has 144 valence electrons. The zero-order valence-electron chi connectivity index (χ0n) is 16.2. The SMILES string of the molecule is CC.Cc1ccc(Oc2ccc(C3=NC(c4ccc(O)cc4)ON3)cc2)cc1. The standard InChI is InChI=1S/C21H18N2O3.C2H6/c1-14-2-10-18(11-3-14)25-19-12-6-15(7-13-19)20-22-21(26-23-20)16-4-8-17(24)9-5-16;1-2/h2-13,21,24H,1H3,(H,22,23);1-2H3. The second-order valence-corrected chi connectivity index (χ2v) is 6.08. The lowest BCUT2D eigenvalue weighted by Crippen LogP contribution is -2.17. The predicted octanol–water partition coefficient (Wildman–Crippen LogP) is 5.50. The highest BCUT2D eigenvalue weighted by atomic mass is 16.7. The monoisotopic (exact) mass is 376 g/mol. The first kappa shape index (κ1) is 19.5. The number of hydrogen-bond acceptors (Lipinski definition) is 5. The van der Waals surface area contributed by atoms with Gasteiger partial charge in [0, 0.05) is 11.1 Å². The molecule has 28 heavy (non-hydrogen) atoms. The molecule has 2 N–H and O–H groups in total. The Morgan fingerprint density at radius 1 is 0.857 bits per heavy atom. The highest BCUT2D eigenvalue weighted by Crippen LogP contribution is 2.26. The van der Waals surface area contributed by atoms with Crippen LogP contribution in [0.5, 0.6) is 17.2 Å². The Hall–Kier alpha value is -3.31. The van der Waals surface area contributed by atoms with Gasteiger partial charge < -0.3 is 9.84 Å². The Morgan fingerprint density at radius 3 is 2.04 bits per heavy atom. The van der Waals surface area contributed by atoms with Crippen molar-refractivity contribution in [1.82, 2.24) is 5.48 Å². The molecule has 0 amide bonds. The molecule has 1 atom stereocenters. The minimum Gasteiger partial charge on any atom is -0.508 e. The number of hydrogen-bond donors (Lipinski definition) is 2. The third-order valence-electron chi connectivity index (χ3n) is 4.08. The van der Waals surface area contributed by atoms with Crippen molar-refractivity contribution in [2.45, 2.75) is 27.0 Å². The first-order chi connectivity index (χ1) is 13.7. The Kier molecular flexibility index (Phi) is 6.29. The lowest BCUT2D eigenvalue weighted by atomic mass is 10.2. The number of hydroxylamine groups is 1. The molecular formula is C23H24N2O3. The number of nitrogens with zero attached hydrogens (tertiary/aromatic N) is 1. The van der Waals surface area contributed by atoms with E-state index in [0.717, 1.165) is 22.6 Å². The van der Waals surface area contributed by atoms with Crippen LogP contribution in [-0.4, -0.2) is 10.9 Å². The fraction of sp³-hybridized carbons (Fsp3) is 0.174. The van der Waals surface area contributed by atoms with Crippen molar-refractivity contribution in [2.24, 2.45) is 4.99 Å². The van der Waals surface area contributed by atoms with Gasteiger partial charge in [0.1, 0.15) is 17.2 Å². The molecule has 1 aliphatic rings. The van der Waals surface area contributed by atoms with Crippen LogP contribution in [0.2, 0.25) is 0 Å². The summed E-state index contributed by atoms with van der Waals surface area (Å²) >= 11 is 0. The molecule has 1 unspecified atom stereocenters. The average molecular weight is 376 g/mol. The molecule has 3 aromatic rings. The van der Waals surface area contributed by atoms with E-state index in [4.69, 9.17) is 9.57 Å². The number of amidine groups is 1. The molecule has 3 aromatic carbocycles. The number of aromatic hydroxyl groups is 1. The van der Waals surface area contributed by atoms with Gasteiger partial charge in [0.2, 0.25) is 6.23 Å². The van der Waals surface area contributed by atoms with Crippen LogP contribution in [-0.2, 0) is 4.84 Å². The molecule has 1 aliphatic heterocycles. The number of ether oxygens (including phenoxy) is 1. The second kappa shape index (κ2) is 9.06. The molecule has 0 bridgehead atoms. The topological polar surface area (TPSA) is 63.1 Å². The first-order valence-electron chi connectivity index (χ1n) is 9.31. The lowest BCUT2D eigenvalue weighted by Gasteiger charge is -2.07. The van der Waals surface area contributed by atoms with Gasteiger partial charge in [0.15, 0.2) is 5.84 Å². The summed E-state index contributed by atoms with van der Waals surface area (Å²) in [5.74, 6) is 2.43. The van der Waals surface area contributed by atoms with Crippen molar-refractivity contribution in [3.8, 4) is 17.2 Å². The molecule has 0 radical (unpaired) electrons. The third-order valence-corrected chi connectivity index (χ3v) is 4.08. The molecule has 5 heteroatoms. The molecule has 0 saturated heterocycles. The van der Waals surface area contributed by atoms with Crippen molar-refractivity contribution in [3.63, 3.8) is 0 Å². The van der Waals surface area contributed by atoms with Gasteiger partial charge >= 0.3 is 0 Å². The van der Waals surface area contributed by atoms with E-state index < -0.39 is 6.23 Å². The van der Waals surface area contributed by atoms with E-state index in [9.17, 15) is 5.11 Å². The van der Waals surface area contributed by atoms with E-state index in [2.05, 4.69) is 10.5 Å². The maximum atomic E-state index is 9.37. The van der Waals surface area contributed by atoms with Crippen molar-refractivity contribution in [3.05, 3.63) is 89.5 Å². The van der Waals surface area contributed by atoms with Crippen LogP contribution in [0.1, 0.15) is 36.8 Å². The van der Waals surface area contributed by atoms with Gasteiger partial charge in [0.25, 0.3) is 0 Å². The zero-order chi connectivity index (χ0) is 19.9. The molecule has 0 aliphatic carbocycles. The summed E-state index contributed by atoms with van der Waals surface area (Å²) in [5, 5.41) is 9.37. The number of rotatable bonds is 4. The summed E-state index contributed by atoms with van der Waals surface area (Å²) in [6.07, 6.45) is -0.436. The number of aryl methyl sites for hydroxylation is 1. The zero-order valence-corrected chi connectivity index (χ0v) is 16.2. The molecule has 5 nitrogen and oxygen atoms in total. The summed E-state index contributed by atoms with van der Waals surface area (Å²) in [6.45, 7) is 6.04. The summed E-state index contributed by atoms with van der Waals surface area (Å²) in [6, 6.07) is 22.4. The van der Waals surface area contributed by atoms with Gasteiger partial charge in [-0.3, -0.25) is 0 Å². The van der Waals surface area contributed by atoms with E-state index in [-0.39, 0.29) is 5.75 Å². The number of nitrogens with one attached hydrogen (secondary N) is 1. The quantitative estimate of drug-likeness (QED) is 0.631. The predicted molar refractivity (Wildman–Crippen MR) is 111 cm³/mol. The maximum absolute atomic E-state index is 9.37. The Morgan fingerprint density at radius 2 is 1.43 bits per heavy atom. The van der Waals surface area contributed by atoms with Gasteiger partial charge in [0.05, 0.1) is 0 Å². The van der Waals surface area contributed by atoms with Crippen molar-refractivity contribution in [2.75, 3.05) is 0 Å². The van der Waals surface area contributed by atoms with Crippen LogP contribution >= 0.6 is 0 Å². The van der Waals surface area contributed by atoms with E-state index in [1.165, 1.54) is 5.56 Å².